The summed E-state index contributed by atoms with van der Waals surface area (Å²) in [6.07, 6.45) is 0. The molecular weight excluding hydrogens is 282 g/mol. The van der Waals surface area contributed by atoms with Crippen LogP contribution >= 0.6 is 39.1 Å². The Labute approximate surface area is 93.0 Å². The third-order valence-electron chi connectivity index (χ3n) is 1.44. The van der Waals surface area contributed by atoms with Crippen molar-refractivity contribution < 1.29 is 9.18 Å². The molecule has 1 nitrogen and oxygen atoms in total. The number of carbonyl (C=O) groups is 1. The van der Waals surface area contributed by atoms with Crippen molar-refractivity contribution in [1.82, 2.24) is 0 Å². The van der Waals surface area contributed by atoms with E-state index in [-0.39, 0.29) is 20.9 Å². The molecule has 0 N–H and O–H groups in total. The zero-order valence-electron chi connectivity index (χ0n) is 6.28. The third kappa shape index (κ3) is 2.22. The lowest BCUT2D eigenvalue weighted by Crippen LogP contribution is -2.04. The first-order chi connectivity index (χ1) is 6.07. The van der Waals surface area contributed by atoms with Crippen LogP contribution in [0.15, 0.2) is 12.1 Å². The van der Waals surface area contributed by atoms with Crippen molar-refractivity contribution in [1.29, 1.82) is 0 Å². The Balaban J connectivity index is 3.33. The third-order valence-corrected chi connectivity index (χ3v) is 2.56. The van der Waals surface area contributed by atoms with E-state index in [9.17, 15) is 9.18 Å². The molecule has 0 aliphatic heterocycles. The second-order valence-electron chi connectivity index (χ2n) is 2.27. The molecular formula is C8H4BrCl2FO. The van der Waals surface area contributed by atoms with E-state index in [1.807, 2.05) is 0 Å². The number of benzene rings is 1. The van der Waals surface area contributed by atoms with Gasteiger partial charge in [0.2, 0.25) is 0 Å². The quantitative estimate of drug-likeness (QED) is 0.460. The number of hydrogen-bond acceptors (Lipinski definition) is 1. The number of carbonyl (C=O) groups excluding carboxylic acids is 1. The molecule has 0 unspecified atom stereocenters. The van der Waals surface area contributed by atoms with Crippen LogP contribution < -0.4 is 0 Å². The Bertz CT molecular complexity index is 354. The molecule has 0 radical (unpaired) electrons. The second-order valence-corrected chi connectivity index (χ2v) is 3.65. The molecule has 0 spiro atoms. The van der Waals surface area contributed by atoms with Crippen LogP contribution in [0, 0.1) is 5.82 Å². The van der Waals surface area contributed by atoms with E-state index >= 15 is 0 Å². The van der Waals surface area contributed by atoms with E-state index in [0.717, 1.165) is 0 Å². The Morgan fingerprint density at radius 1 is 1.38 bits per heavy atom. The number of ketones is 1. The van der Waals surface area contributed by atoms with Crippen LogP contribution in [0.2, 0.25) is 10.0 Å². The molecule has 0 heterocycles. The van der Waals surface area contributed by atoms with E-state index in [4.69, 9.17) is 23.2 Å². The minimum absolute atomic E-state index is 0.0178. The molecule has 70 valence electrons. The highest BCUT2D eigenvalue weighted by Crippen LogP contribution is 2.26. The number of halogens is 4. The lowest BCUT2D eigenvalue weighted by Gasteiger charge is -2.03. The topological polar surface area (TPSA) is 17.1 Å². The highest BCUT2D eigenvalue weighted by atomic mass is 79.9. The molecule has 0 amide bonds. The molecule has 0 atom stereocenters. The molecule has 1 rings (SSSR count). The van der Waals surface area contributed by atoms with Crippen LogP contribution in [0.25, 0.3) is 0 Å². The first-order valence-corrected chi connectivity index (χ1v) is 5.18. The fourth-order valence-electron chi connectivity index (χ4n) is 0.849. The van der Waals surface area contributed by atoms with Crippen LogP contribution in [0.4, 0.5) is 4.39 Å². The molecule has 0 aromatic heterocycles. The fourth-order valence-corrected chi connectivity index (χ4v) is 1.54. The van der Waals surface area contributed by atoms with Crippen LogP contribution in [0.1, 0.15) is 10.4 Å². The van der Waals surface area contributed by atoms with Gasteiger partial charge in [0.05, 0.1) is 20.9 Å². The summed E-state index contributed by atoms with van der Waals surface area (Å²) in [6, 6.07) is 2.70. The minimum atomic E-state index is -0.765. The van der Waals surface area contributed by atoms with Gasteiger partial charge in [-0.15, -0.1) is 0 Å². The predicted molar refractivity (Wildman–Crippen MR) is 54.5 cm³/mol. The van der Waals surface area contributed by atoms with Crippen molar-refractivity contribution in [2.24, 2.45) is 0 Å². The summed E-state index contributed by atoms with van der Waals surface area (Å²) in [5.74, 6) is -1.19. The number of rotatable bonds is 2. The Morgan fingerprint density at radius 3 is 2.46 bits per heavy atom. The lowest BCUT2D eigenvalue weighted by molar-refractivity contribution is 0.102. The van der Waals surface area contributed by atoms with Crippen molar-refractivity contribution >= 4 is 44.9 Å². The van der Waals surface area contributed by atoms with Crippen LogP contribution in [0.3, 0.4) is 0 Å². The summed E-state index contributed by atoms with van der Waals surface area (Å²) < 4.78 is 13.2. The predicted octanol–water partition coefficient (Wildman–Crippen LogP) is 3.71. The van der Waals surface area contributed by atoms with Gasteiger partial charge in [-0.1, -0.05) is 39.1 Å². The van der Waals surface area contributed by atoms with Gasteiger partial charge in [0.15, 0.2) is 11.6 Å². The van der Waals surface area contributed by atoms with E-state index in [0.29, 0.717) is 0 Å². The minimum Gasteiger partial charge on any atom is -0.293 e. The molecule has 13 heavy (non-hydrogen) atoms. The molecule has 1 aromatic carbocycles. The first-order valence-electron chi connectivity index (χ1n) is 3.30. The molecule has 5 heteroatoms. The molecule has 0 saturated carbocycles. The lowest BCUT2D eigenvalue weighted by atomic mass is 10.1. The highest BCUT2D eigenvalue weighted by Gasteiger charge is 2.17. The summed E-state index contributed by atoms with van der Waals surface area (Å²) in [5, 5.41) is -0.00989. The summed E-state index contributed by atoms with van der Waals surface area (Å²) in [6.45, 7) is 0. The summed E-state index contributed by atoms with van der Waals surface area (Å²) >= 11 is 14.0. The Hall–Kier alpha value is -0.120. The normalized spacial score (nSPS) is 10.2. The van der Waals surface area contributed by atoms with Gasteiger partial charge in [-0.25, -0.2) is 4.39 Å². The van der Waals surface area contributed by atoms with Gasteiger partial charge in [0.25, 0.3) is 0 Å². The van der Waals surface area contributed by atoms with E-state index in [1.54, 1.807) is 0 Å². The molecule has 0 fully saturated rings. The SMILES string of the molecule is O=C(CBr)c1c(Cl)ccc(Cl)c1F. The van der Waals surface area contributed by atoms with Crippen LogP contribution in [-0.2, 0) is 0 Å². The molecule has 0 aliphatic carbocycles. The molecule has 0 aliphatic rings. The maximum Gasteiger partial charge on any atom is 0.177 e. The Kier molecular flexibility index (Phi) is 3.71. The highest BCUT2D eigenvalue weighted by molar-refractivity contribution is 9.09. The van der Waals surface area contributed by atoms with E-state index in [2.05, 4.69) is 15.9 Å². The molecule has 1 aromatic rings. The zero-order chi connectivity index (χ0) is 10.0. The monoisotopic (exact) mass is 284 g/mol. The smallest absolute Gasteiger partial charge is 0.177 e. The summed E-state index contributed by atoms with van der Waals surface area (Å²) in [7, 11) is 0. The summed E-state index contributed by atoms with van der Waals surface area (Å²) in [5.41, 5.74) is -0.161. The maximum atomic E-state index is 13.2. The van der Waals surface area contributed by atoms with Crippen LogP contribution in [0.5, 0.6) is 0 Å². The van der Waals surface area contributed by atoms with Gasteiger partial charge >= 0.3 is 0 Å². The average molecular weight is 286 g/mol. The van der Waals surface area contributed by atoms with Gasteiger partial charge in [0.1, 0.15) is 0 Å². The number of Topliss-reactive ketones (excluding diaryl/α,β-unsaturated/α-hetero) is 1. The van der Waals surface area contributed by atoms with Crippen molar-refractivity contribution in [3.05, 3.63) is 33.6 Å². The number of hydrogen-bond donors (Lipinski definition) is 0. The molecule has 0 bridgehead atoms. The van der Waals surface area contributed by atoms with Gasteiger partial charge in [-0.2, -0.15) is 0 Å². The van der Waals surface area contributed by atoms with E-state index < -0.39 is 11.6 Å². The second kappa shape index (κ2) is 4.40. The standard InChI is InChI=1S/C8H4BrCl2FO/c9-3-6(13)7-4(10)1-2-5(11)8(7)12/h1-2H,3H2. The zero-order valence-corrected chi connectivity index (χ0v) is 9.38. The van der Waals surface area contributed by atoms with Gasteiger partial charge < -0.3 is 0 Å². The largest absolute Gasteiger partial charge is 0.293 e. The van der Waals surface area contributed by atoms with Crippen molar-refractivity contribution in [3.63, 3.8) is 0 Å². The average Bonchev–Trinajstić information content (AvgIpc) is 2.12. The Morgan fingerprint density at radius 2 is 1.92 bits per heavy atom. The van der Waals surface area contributed by atoms with Crippen molar-refractivity contribution in [2.45, 2.75) is 0 Å². The van der Waals surface area contributed by atoms with E-state index in [1.165, 1.54) is 12.1 Å². The number of alkyl halides is 1. The maximum absolute atomic E-state index is 13.2. The fraction of sp³-hybridized carbons (Fsp3) is 0.125. The summed E-state index contributed by atoms with van der Waals surface area (Å²) in [4.78, 5) is 11.2. The van der Waals surface area contributed by atoms with Crippen molar-refractivity contribution in [2.75, 3.05) is 5.33 Å². The van der Waals surface area contributed by atoms with Gasteiger partial charge in [-0.05, 0) is 12.1 Å². The molecule has 0 saturated heterocycles. The van der Waals surface area contributed by atoms with Crippen LogP contribution in [-0.4, -0.2) is 11.1 Å². The van der Waals surface area contributed by atoms with Crippen molar-refractivity contribution in [3.8, 4) is 0 Å². The first kappa shape index (κ1) is 11.0. The van der Waals surface area contributed by atoms with Gasteiger partial charge in [0, 0.05) is 0 Å². The van der Waals surface area contributed by atoms with Gasteiger partial charge in [-0.3, -0.25) is 4.79 Å².